The molecule has 0 fully saturated rings. The number of carbonyl (C=O) groups is 3. The van der Waals surface area contributed by atoms with Gasteiger partial charge in [-0.2, -0.15) is 0 Å². The quantitative estimate of drug-likeness (QED) is 0.211. The average molecular weight is 560 g/mol. The van der Waals surface area contributed by atoms with Crippen LogP contribution in [-0.4, -0.2) is 30.2 Å². The molecule has 1 aliphatic rings. The summed E-state index contributed by atoms with van der Waals surface area (Å²) in [4.78, 5) is 37.1. The van der Waals surface area contributed by atoms with Gasteiger partial charge in [-0.3, -0.25) is 9.59 Å². The number of hydrogen-bond donors (Lipinski definition) is 3. The number of rotatable bonds is 9. The number of ether oxygens (including phenoxy) is 2. The van der Waals surface area contributed by atoms with Crippen LogP contribution in [0, 0.1) is 5.82 Å². The Kier molecular flexibility index (Phi) is 9.07. The zero-order valence-corrected chi connectivity index (χ0v) is 23.6. The van der Waals surface area contributed by atoms with Gasteiger partial charge in [0.05, 0.1) is 23.6 Å². The standard InChI is InChI=1S/C32H34FN3O5/c1-5-40-27(37)16-11-20-7-6-8-22(17-20)29(28-25-15-12-23(33)18-26(25)36-30(28)38)35-24-13-9-21(10-14-24)19-34-31(39)41-32(2,3)4/h6-10,12-15,17-18,35H,5,11,16,19H2,1-4H3,(H,34,39)(H,36,38)/b29-28-. The largest absolute Gasteiger partial charge is 0.466 e. The molecular weight excluding hydrogens is 525 g/mol. The molecule has 0 unspecified atom stereocenters. The fourth-order valence-corrected chi connectivity index (χ4v) is 4.37. The lowest BCUT2D eigenvalue weighted by Gasteiger charge is -2.19. The van der Waals surface area contributed by atoms with Crippen molar-refractivity contribution in [1.82, 2.24) is 5.32 Å². The molecule has 0 spiro atoms. The zero-order valence-electron chi connectivity index (χ0n) is 23.6. The molecule has 0 saturated carbocycles. The molecular formula is C32H34FN3O5. The first kappa shape index (κ1) is 29.3. The van der Waals surface area contributed by atoms with E-state index in [2.05, 4.69) is 16.0 Å². The van der Waals surface area contributed by atoms with Gasteiger partial charge in [0.15, 0.2) is 0 Å². The lowest BCUT2D eigenvalue weighted by Crippen LogP contribution is -2.32. The summed E-state index contributed by atoms with van der Waals surface area (Å²) in [5.74, 6) is -1.08. The summed E-state index contributed by atoms with van der Waals surface area (Å²) in [6.45, 7) is 7.78. The molecule has 2 amide bonds. The third kappa shape index (κ3) is 7.94. The Bertz CT molecular complexity index is 1480. The average Bonchev–Trinajstić information content (AvgIpc) is 3.23. The topological polar surface area (TPSA) is 106 Å². The minimum atomic E-state index is -0.588. The minimum Gasteiger partial charge on any atom is -0.466 e. The number of aryl methyl sites for hydroxylation is 1. The monoisotopic (exact) mass is 559 g/mol. The first-order valence-corrected chi connectivity index (χ1v) is 13.5. The summed E-state index contributed by atoms with van der Waals surface area (Å²) in [7, 11) is 0. The number of amides is 2. The number of alkyl carbamates (subject to hydrolysis) is 1. The normalized spacial score (nSPS) is 13.6. The van der Waals surface area contributed by atoms with E-state index in [0.29, 0.717) is 41.2 Å². The SMILES string of the molecule is CCOC(=O)CCc1cccc(/C(Nc2ccc(CNC(=O)OC(C)(C)C)cc2)=C2/C(=O)Nc3cc(F)ccc32)c1. The molecule has 9 heteroatoms. The van der Waals surface area contributed by atoms with Crippen molar-refractivity contribution < 1.29 is 28.2 Å². The van der Waals surface area contributed by atoms with Crippen LogP contribution >= 0.6 is 0 Å². The highest BCUT2D eigenvalue weighted by Gasteiger charge is 2.29. The number of carbonyl (C=O) groups excluding carboxylic acids is 3. The van der Waals surface area contributed by atoms with Crippen molar-refractivity contribution in [2.45, 2.75) is 52.7 Å². The van der Waals surface area contributed by atoms with E-state index in [1.54, 1.807) is 33.8 Å². The summed E-state index contributed by atoms with van der Waals surface area (Å²) >= 11 is 0. The molecule has 0 aromatic heterocycles. The van der Waals surface area contributed by atoms with Crippen molar-refractivity contribution in [3.8, 4) is 0 Å². The van der Waals surface area contributed by atoms with Crippen molar-refractivity contribution in [2.24, 2.45) is 0 Å². The van der Waals surface area contributed by atoms with E-state index < -0.39 is 17.5 Å². The third-order valence-electron chi connectivity index (χ3n) is 6.17. The van der Waals surface area contributed by atoms with Crippen LogP contribution in [0.2, 0.25) is 0 Å². The summed E-state index contributed by atoms with van der Waals surface area (Å²) in [6.07, 6.45) is 0.206. The Labute approximate surface area is 238 Å². The predicted octanol–water partition coefficient (Wildman–Crippen LogP) is 6.28. The second-order valence-corrected chi connectivity index (χ2v) is 10.6. The van der Waals surface area contributed by atoms with Gasteiger partial charge in [0.25, 0.3) is 5.91 Å². The second-order valence-electron chi connectivity index (χ2n) is 10.6. The highest BCUT2D eigenvalue weighted by atomic mass is 19.1. The molecule has 3 aromatic rings. The Morgan fingerprint density at radius 1 is 0.976 bits per heavy atom. The van der Waals surface area contributed by atoms with Crippen LogP contribution in [0.5, 0.6) is 0 Å². The number of hydrogen-bond acceptors (Lipinski definition) is 6. The first-order chi connectivity index (χ1) is 19.5. The molecule has 0 aliphatic carbocycles. The van der Waals surface area contributed by atoms with Crippen molar-refractivity contribution in [3.63, 3.8) is 0 Å². The minimum absolute atomic E-state index is 0.234. The van der Waals surface area contributed by atoms with E-state index in [4.69, 9.17) is 9.47 Å². The maximum absolute atomic E-state index is 13.9. The van der Waals surface area contributed by atoms with Gasteiger partial charge in [0.1, 0.15) is 11.4 Å². The highest BCUT2D eigenvalue weighted by Crippen LogP contribution is 2.38. The van der Waals surface area contributed by atoms with Crippen molar-refractivity contribution in [3.05, 3.63) is 94.8 Å². The molecule has 3 aromatic carbocycles. The highest BCUT2D eigenvalue weighted by molar-refractivity contribution is 6.37. The van der Waals surface area contributed by atoms with E-state index in [-0.39, 0.29) is 24.8 Å². The number of fused-ring (bicyclic) bond motifs is 1. The van der Waals surface area contributed by atoms with Crippen LogP contribution in [0.3, 0.4) is 0 Å². The zero-order chi connectivity index (χ0) is 29.6. The predicted molar refractivity (Wildman–Crippen MR) is 156 cm³/mol. The van der Waals surface area contributed by atoms with E-state index in [1.807, 2.05) is 48.5 Å². The third-order valence-corrected chi connectivity index (χ3v) is 6.17. The lowest BCUT2D eigenvalue weighted by atomic mass is 9.97. The molecule has 0 atom stereocenters. The Hall–Kier alpha value is -4.66. The number of nitrogens with one attached hydrogen (secondary N) is 3. The van der Waals surface area contributed by atoms with Gasteiger partial charge in [0.2, 0.25) is 0 Å². The second kappa shape index (κ2) is 12.7. The van der Waals surface area contributed by atoms with Crippen molar-refractivity contribution in [1.29, 1.82) is 0 Å². The van der Waals surface area contributed by atoms with Gasteiger partial charge < -0.3 is 25.4 Å². The number of benzene rings is 3. The molecule has 0 saturated heterocycles. The van der Waals surface area contributed by atoms with Crippen molar-refractivity contribution >= 4 is 40.6 Å². The van der Waals surface area contributed by atoms with E-state index in [1.165, 1.54) is 12.1 Å². The molecule has 214 valence electrons. The number of halogens is 1. The molecule has 3 N–H and O–H groups in total. The first-order valence-electron chi connectivity index (χ1n) is 13.5. The molecule has 4 rings (SSSR count). The number of anilines is 2. The van der Waals surface area contributed by atoms with Crippen LogP contribution in [0.4, 0.5) is 20.6 Å². The Balaban J connectivity index is 1.63. The van der Waals surface area contributed by atoms with Crippen LogP contribution in [0.15, 0.2) is 66.7 Å². The summed E-state index contributed by atoms with van der Waals surface area (Å²) in [5.41, 5.74) is 4.48. The fourth-order valence-electron chi connectivity index (χ4n) is 4.37. The Morgan fingerprint density at radius 3 is 2.44 bits per heavy atom. The smallest absolute Gasteiger partial charge is 0.407 e. The van der Waals surface area contributed by atoms with E-state index in [0.717, 1.165) is 16.7 Å². The molecule has 0 radical (unpaired) electrons. The number of esters is 1. The molecule has 1 aliphatic heterocycles. The maximum Gasteiger partial charge on any atom is 0.407 e. The molecule has 8 nitrogen and oxygen atoms in total. The van der Waals surface area contributed by atoms with Gasteiger partial charge in [-0.05, 0) is 87.2 Å². The maximum atomic E-state index is 13.9. The summed E-state index contributed by atoms with van der Waals surface area (Å²) in [5, 5.41) is 8.87. The van der Waals surface area contributed by atoms with Crippen LogP contribution in [-0.2, 0) is 32.0 Å². The Morgan fingerprint density at radius 2 is 1.73 bits per heavy atom. The molecule has 41 heavy (non-hydrogen) atoms. The molecule has 0 bridgehead atoms. The molecule has 1 heterocycles. The van der Waals surface area contributed by atoms with Crippen LogP contribution < -0.4 is 16.0 Å². The van der Waals surface area contributed by atoms with Crippen LogP contribution in [0.25, 0.3) is 11.3 Å². The van der Waals surface area contributed by atoms with Crippen LogP contribution in [0.1, 0.15) is 56.4 Å². The van der Waals surface area contributed by atoms with Gasteiger partial charge in [-0.25, -0.2) is 9.18 Å². The van der Waals surface area contributed by atoms with Crippen molar-refractivity contribution in [2.75, 3.05) is 17.2 Å². The summed E-state index contributed by atoms with van der Waals surface area (Å²) in [6, 6.07) is 19.2. The van der Waals surface area contributed by atoms with Gasteiger partial charge in [-0.15, -0.1) is 0 Å². The lowest BCUT2D eigenvalue weighted by molar-refractivity contribution is -0.143. The van der Waals surface area contributed by atoms with E-state index >= 15 is 0 Å². The van der Waals surface area contributed by atoms with Gasteiger partial charge in [0, 0.05) is 24.2 Å². The fraction of sp³-hybridized carbons (Fsp3) is 0.281. The van der Waals surface area contributed by atoms with E-state index in [9.17, 15) is 18.8 Å². The van der Waals surface area contributed by atoms with Gasteiger partial charge >= 0.3 is 12.1 Å². The van der Waals surface area contributed by atoms with Gasteiger partial charge in [-0.1, -0.05) is 30.3 Å². The summed E-state index contributed by atoms with van der Waals surface area (Å²) < 4.78 is 24.3.